The quantitative estimate of drug-likeness (QED) is 0.838. The summed E-state index contributed by atoms with van der Waals surface area (Å²) in [5.74, 6) is -1.44. The van der Waals surface area contributed by atoms with E-state index in [9.17, 15) is 9.59 Å². The average Bonchev–Trinajstić information content (AvgIpc) is 2.39. The minimum Gasteiger partial charge on any atom is -0.478 e. The number of nitrogens with zero attached hydrogens (tertiary/aromatic N) is 2. The summed E-state index contributed by atoms with van der Waals surface area (Å²) in [5, 5.41) is 9.03. The number of unbranched alkanes of at least 4 members (excludes halogenated alkanes) is 1. The molecule has 0 spiro atoms. The summed E-state index contributed by atoms with van der Waals surface area (Å²) in [5.41, 5.74) is -0.0274. The lowest BCUT2D eigenvalue weighted by atomic mass is 10.1. The molecule has 1 aromatic heterocycles. The molecule has 0 aliphatic rings. The van der Waals surface area contributed by atoms with Gasteiger partial charge in [-0.05, 0) is 25.5 Å². The highest BCUT2D eigenvalue weighted by atomic mass is 16.4. The fraction of sp³-hybridized carbons (Fsp3) is 0.462. The molecule has 0 aliphatic heterocycles. The molecule has 0 unspecified atom stereocenters. The van der Waals surface area contributed by atoms with Crippen molar-refractivity contribution in [1.29, 1.82) is 0 Å². The van der Waals surface area contributed by atoms with E-state index in [0.717, 1.165) is 12.8 Å². The largest absolute Gasteiger partial charge is 0.478 e. The Balaban J connectivity index is 2.98. The average molecular weight is 250 g/mol. The lowest BCUT2D eigenvalue weighted by Gasteiger charge is -2.20. The van der Waals surface area contributed by atoms with Gasteiger partial charge in [0, 0.05) is 19.3 Å². The first-order valence-electron chi connectivity index (χ1n) is 6.09. The number of hydrogen-bond donors (Lipinski definition) is 1. The highest BCUT2D eigenvalue weighted by Crippen LogP contribution is 2.10. The number of carboxylic acid groups (broad SMARTS) is 1. The second-order valence-corrected chi connectivity index (χ2v) is 3.94. The second-order valence-electron chi connectivity index (χ2n) is 3.94. The van der Waals surface area contributed by atoms with Crippen LogP contribution in [0.1, 0.15) is 47.5 Å². The van der Waals surface area contributed by atoms with Crippen molar-refractivity contribution in [3.05, 3.63) is 29.6 Å². The van der Waals surface area contributed by atoms with E-state index >= 15 is 0 Å². The Bertz CT molecular complexity index is 432. The number of aromatic carboxylic acids is 1. The van der Waals surface area contributed by atoms with Crippen molar-refractivity contribution < 1.29 is 14.7 Å². The summed E-state index contributed by atoms with van der Waals surface area (Å²) in [7, 11) is 0. The van der Waals surface area contributed by atoms with E-state index in [1.165, 1.54) is 18.3 Å². The van der Waals surface area contributed by atoms with Gasteiger partial charge in [-0.25, -0.2) is 4.79 Å². The Hall–Kier alpha value is -1.91. The van der Waals surface area contributed by atoms with Crippen molar-refractivity contribution in [3.8, 4) is 0 Å². The van der Waals surface area contributed by atoms with E-state index in [4.69, 9.17) is 5.11 Å². The minimum atomic E-state index is -1.13. The van der Waals surface area contributed by atoms with Crippen LogP contribution in [0.25, 0.3) is 0 Å². The Morgan fingerprint density at radius 2 is 2.11 bits per heavy atom. The molecule has 1 heterocycles. The molecular weight excluding hydrogens is 232 g/mol. The molecule has 1 aromatic rings. The van der Waals surface area contributed by atoms with Gasteiger partial charge in [-0.3, -0.25) is 9.78 Å². The molecule has 0 atom stereocenters. The van der Waals surface area contributed by atoms with Gasteiger partial charge in [0.1, 0.15) is 5.69 Å². The number of carbonyl (C=O) groups is 2. The Morgan fingerprint density at radius 3 is 2.67 bits per heavy atom. The molecule has 5 heteroatoms. The monoisotopic (exact) mass is 250 g/mol. The number of pyridine rings is 1. The molecule has 98 valence electrons. The van der Waals surface area contributed by atoms with E-state index in [0.29, 0.717) is 13.1 Å². The van der Waals surface area contributed by atoms with Crippen LogP contribution in [0.5, 0.6) is 0 Å². The fourth-order valence-electron chi connectivity index (χ4n) is 1.65. The van der Waals surface area contributed by atoms with Crippen LogP contribution in [0.15, 0.2) is 18.3 Å². The van der Waals surface area contributed by atoms with E-state index in [-0.39, 0.29) is 17.2 Å². The maximum Gasteiger partial charge on any atom is 0.338 e. The predicted octanol–water partition coefficient (Wildman–Crippen LogP) is 2.04. The van der Waals surface area contributed by atoms with Crippen molar-refractivity contribution in [1.82, 2.24) is 9.88 Å². The van der Waals surface area contributed by atoms with Crippen molar-refractivity contribution in [2.24, 2.45) is 0 Å². The number of amides is 1. The van der Waals surface area contributed by atoms with Crippen LogP contribution < -0.4 is 0 Å². The third-order valence-corrected chi connectivity index (χ3v) is 2.69. The van der Waals surface area contributed by atoms with Gasteiger partial charge in [-0.1, -0.05) is 13.3 Å². The van der Waals surface area contributed by atoms with Gasteiger partial charge in [0.05, 0.1) is 5.56 Å². The summed E-state index contributed by atoms with van der Waals surface area (Å²) >= 11 is 0. The molecule has 18 heavy (non-hydrogen) atoms. The minimum absolute atomic E-state index is 0.0166. The Labute approximate surface area is 106 Å². The lowest BCUT2D eigenvalue weighted by Crippen LogP contribution is -2.33. The van der Waals surface area contributed by atoms with Crippen LogP contribution in [0.4, 0.5) is 0 Å². The first-order valence-corrected chi connectivity index (χ1v) is 6.09. The number of hydrogen-bond acceptors (Lipinski definition) is 3. The summed E-state index contributed by atoms with van der Waals surface area (Å²) in [6.07, 6.45) is 3.32. The zero-order valence-corrected chi connectivity index (χ0v) is 10.7. The molecule has 5 nitrogen and oxygen atoms in total. The molecular formula is C13H18N2O3. The molecule has 0 saturated heterocycles. The summed E-state index contributed by atoms with van der Waals surface area (Å²) in [6, 6.07) is 2.92. The standard InChI is InChI=1S/C13H18N2O3/c1-3-5-9-15(4-2)12(16)11-10(13(17)18)7-6-8-14-11/h6-8H,3-5,9H2,1-2H3,(H,17,18). The van der Waals surface area contributed by atoms with E-state index < -0.39 is 5.97 Å². The molecule has 1 rings (SSSR count). The number of rotatable bonds is 6. The third kappa shape index (κ3) is 3.29. The van der Waals surface area contributed by atoms with Gasteiger partial charge in [0.25, 0.3) is 5.91 Å². The van der Waals surface area contributed by atoms with E-state index in [2.05, 4.69) is 4.98 Å². The molecule has 0 fully saturated rings. The van der Waals surface area contributed by atoms with Crippen molar-refractivity contribution in [2.45, 2.75) is 26.7 Å². The topological polar surface area (TPSA) is 70.5 Å². The van der Waals surface area contributed by atoms with Crippen LogP contribution in [-0.4, -0.2) is 40.0 Å². The van der Waals surface area contributed by atoms with Gasteiger partial charge in [-0.15, -0.1) is 0 Å². The normalized spacial score (nSPS) is 10.1. The van der Waals surface area contributed by atoms with Crippen LogP contribution in [0.3, 0.4) is 0 Å². The highest BCUT2D eigenvalue weighted by molar-refractivity contribution is 6.03. The molecule has 0 saturated carbocycles. The molecule has 0 aliphatic carbocycles. The van der Waals surface area contributed by atoms with Crippen molar-refractivity contribution >= 4 is 11.9 Å². The SMILES string of the molecule is CCCCN(CC)C(=O)c1ncccc1C(=O)O. The summed E-state index contributed by atoms with van der Waals surface area (Å²) in [6.45, 7) is 5.09. The van der Waals surface area contributed by atoms with Crippen LogP contribution in [-0.2, 0) is 0 Å². The van der Waals surface area contributed by atoms with Crippen molar-refractivity contribution in [2.75, 3.05) is 13.1 Å². The number of carbonyl (C=O) groups excluding carboxylic acids is 1. The molecule has 1 N–H and O–H groups in total. The summed E-state index contributed by atoms with van der Waals surface area (Å²) < 4.78 is 0. The van der Waals surface area contributed by atoms with E-state index in [1.54, 1.807) is 4.90 Å². The van der Waals surface area contributed by atoms with E-state index in [1.807, 2.05) is 13.8 Å². The lowest BCUT2D eigenvalue weighted by molar-refractivity contribution is 0.0673. The van der Waals surface area contributed by atoms with Crippen LogP contribution >= 0.6 is 0 Å². The molecule has 0 radical (unpaired) electrons. The van der Waals surface area contributed by atoms with Gasteiger partial charge in [0.2, 0.25) is 0 Å². The van der Waals surface area contributed by atoms with Gasteiger partial charge in [0.15, 0.2) is 0 Å². The van der Waals surface area contributed by atoms with Gasteiger partial charge in [-0.2, -0.15) is 0 Å². The Morgan fingerprint density at radius 1 is 1.39 bits per heavy atom. The maximum absolute atomic E-state index is 12.2. The fourth-order valence-corrected chi connectivity index (χ4v) is 1.65. The second kappa shape index (κ2) is 6.74. The highest BCUT2D eigenvalue weighted by Gasteiger charge is 2.21. The molecule has 0 bridgehead atoms. The van der Waals surface area contributed by atoms with Crippen LogP contribution in [0, 0.1) is 0 Å². The smallest absolute Gasteiger partial charge is 0.338 e. The zero-order chi connectivity index (χ0) is 13.5. The maximum atomic E-state index is 12.2. The number of carboxylic acids is 1. The zero-order valence-electron chi connectivity index (χ0n) is 10.7. The van der Waals surface area contributed by atoms with Gasteiger partial charge < -0.3 is 10.0 Å². The predicted molar refractivity (Wildman–Crippen MR) is 67.7 cm³/mol. The molecule has 0 aromatic carbocycles. The third-order valence-electron chi connectivity index (χ3n) is 2.69. The first kappa shape index (κ1) is 14.2. The first-order chi connectivity index (χ1) is 8.61. The number of aromatic nitrogens is 1. The van der Waals surface area contributed by atoms with Crippen LogP contribution in [0.2, 0.25) is 0 Å². The molecule has 1 amide bonds. The summed E-state index contributed by atoms with van der Waals surface area (Å²) in [4.78, 5) is 28.8. The Kier molecular flexibility index (Phi) is 5.30. The van der Waals surface area contributed by atoms with Gasteiger partial charge >= 0.3 is 5.97 Å². The van der Waals surface area contributed by atoms with Crippen molar-refractivity contribution in [3.63, 3.8) is 0 Å².